The van der Waals surface area contributed by atoms with Gasteiger partial charge in [0.25, 0.3) is 0 Å². The summed E-state index contributed by atoms with van der Waals surface area (Å²) in [5.74, 6) is -0.501. The largest absolute Gasteiger partial charge is 0.469 e. The first-order valence-corrected chi connectivity index (χ1v) is 6.87. The topological polar surface area (TPSA) is 78.6 Å². The fraction of sp³-hybridized carbons (Fsp3) is 0.667. The highest BCUT2D eigenvalue weighted by Gasteiger charge is 2.37. The molecule has 0 bridgehead atoms. The predicted octanol–water partition coefficient (Wildman–Crippen LogP) is 1.08. The number of esters is 2. The van der Waals surface area contributed by atoms with Crippen molar-refractivity contribution in [3.05, 3.63) is 11.3 Å². The van der Waals surface area contributed by atoms with Gasteiger partial charge in [0.1, 0.15) is 0 Å². The monoisotopic (exact) mass is 273 g/mol. The summed E-state index contributed by atoms with van der Waals surface area (Å²) in [7, 11) is 2.69. The first-order valence-electron chi connectivity index (χ1n) is 5.83. The van der Waals surface area contributed by atoms with E-state index >= 15 is 0 Å². The molecule has 102 valence electrons. The van der Waals surface area contributed by atoms with Gasteiger partial charge in [-0.05, 0) is 6.42 Å². The highest BCUT2D eigenvalue weighted by molar-refractivity contribution is 8.00. The fourth-order valence-electron chi connectivity index (χ4n) is 2.01. The van der Waals surface area contributed by atoms with E-state index in [4.69, 9.17) is 10.5 Å². The van der Waals surface area contributed by atoms with Gasteiger partial charge in [-0.1, -0.05) is 13.3 Å². The highest BCUT2D eigenvalue weighted by atomic mass is 32.2. The van der Waals surface area contributed by atoms with Crippen LogP contribution >= 0.6 is 11.8 Å². The van der Waals surface area contributed by atoms with Crippen LogP contribution in [0.15, 0.2) is 11.3 Å². The minimum atomic E-state index is -0.414. The lowest BCUT2D eigenvalue weighted by Gasteiger charge is -2.21. The maximum Gasteiger partial charge on any atom is 0.336 e. The third kappa shape index (κ3) is 2.98. The number of ether oxygens (including phenoxy) is 2. The highest BCUT2D eigenvalue weighted by Crippen LogP contribution is 2.37. The summed E-state index contributed by atoms with van der Waals surface area (Å²) in [5.41, 5.74) is 6.90. The lowest BCUT2D eigenvalue weighted by atomic mass is 9.96. The molecule has 18 heavy (non-hydrogen) atoms. The molecule has 1 heterocycles. The zero-order chi connectivity index (χ0) is 13.7. The Bertz CT molecular complexity index is 367. The molecular weight excluding hydrogens is 254 g/mol. The predicted molar refractivity (Wildman–Crippen MR) is 69.9 cm³/mol. The number of carbonyl (C=O) groups is 2. The molecule has 6 heteroatoms. The van der Waals surface area contributed by atoms with Gasteiger partial charge in [-0.15, -0.1) is 11.8 Å². The summed E-state index contributed by atoms with van der Waals surface area (Å²) in [4.78, 5) is 23.3. The molecule has 0 fully saturated rings. The third-order valence-corrected chi connectivity index (χ3v) is 4.36. The molecule has 1 aliphatic heterocycles. The minimum Gasteiger partial charge on any atom is -0.469 e. The molecule has 0 aromatic carbocycles. The molecule has 0 radical (unpaired) electrons. The molecule has 0 saturated heterocycles. The Hall–Kier alpha value is -1.17. The van der Waals surface area contributed by atoms with E-state index in [2.05, 4.69) is 4.74 Å². The Morgan fingerprint density at radius 3 is 2.61 bits per heavy atom. The molecule has 2 atom stereocenters. The van der Waals surface area contributed by atoms with E-state index in [9.17, 15) is 9.59 Å². The van der Waals surface area contributed by atoms with Gasteiger partial charge in [-0.25, -0.2) is 4.79 Å². The zero-order valence-corrected chi connectivity index (χ0v) is 11.7. The van der Waals surface area contributed by atoms with Gasteiger partial charge in [-0.3, -0.25) is 4.79 Å². The average Bonchev–Trinajstić information content (AvgIpc) is 2.76. The molecule has 2 unspecified atom stereocenters. The van der Waals surface area contributed by atoms with Gasteiger partial charge < -0.3 is 15.2 Å². The van der Waals surface area contributed by atoms with E-state index < -0.39 is 5.97 Å². The number of hydrogen-bond donors (Lipinski definition) is 1. The second-order valence-corrected chi connectivity index (χ2v) is 5.21. The summed E-state index contributed by atoms with van der Waals surface area (Å²) in [6.45, 7) is 2.00. The van der Waals surface area contributed by atoms with Crippen LogP contribution in [0.25, 0.3) is 0 Å². The van der Waals surface area contributed by atoms with Crippen molar-refractivity contribution in [2.75, 3.05) is 20.0 Å². The second kappa shape index (κ2) is 6.68. The number of thioether (sulfide) groups is 1. The van der Waals surface area contributed by atoms with E-state index in [0.29, 0.717) is 23.4 Å². The molecule has 0 spiro atoms. The third-order valence-electron chi connectivity index (χ3n) is 2.96. The maximum atomic E-state index is 11.8. The van der Waals surface area contributed by atoms with Crippen LogP contribution in [0.2, 0.25) is 0 Å². The fourth-order valence-corrected chi connectivity index (χ4v) is 3.44. The molecule has 0 aromatic rings. The normalized spacial score (nSPS) is 20.7. The number of rotatable bonds is 5. The van der Waals surface area contributed by atoms with E-state index in [1.165, 1.54) is 26.0 Å². The maximum absolute atomic E-state index is 11.8. The first kappa shape index (κ1) is 14.9. The molecule has 5 nitrogen and oxygen atoms in total. The van der Waals surface area contributed by atoms with E-state index in [1.54, 1.807) is 0 Å². The molecule has 0 aliphatic carbocycles. The van der Waals surface area contributed by atoms with Crippen molar-refractivity contribution < 1.29 is 19.1 Å². The van der Waals surface area contributed by atoms with E-state index in [1.807, 2.05) is 6.92 Å². The summed E-state index contributed by atoms with van der Waals surface area (Å²) in [6.07, 6.45) is 1.55. The Kier molecular flexibility index (Phi) is 5.53. The SMILES string of the molecule is CCCC(C(=O)OC)C1SCC(C(=O)OC)=C1N. The molecular formula is C12H19NO4S. The van der Waals surface area contributed by atoms with Gasteiger partial charge in [0.05, 0.1) is 31.0 Å². The number of methoxy groups -OCH3 is 2. The van der Waals surface area contributed by atoms with Gasteiger partial charge >= 0.3 is 11.9 Å². The van der Waals surface area contributed by atoms with Crippen molar-refractivity contribution in [3.63, 3.8) is 0 Å². The Morgan fingerprint density at radius 1 is 1.44 bits per heavy atom. The summed E-state index contributed by atoms with van der Waals surface area (Å²) in [5, 5.41) is -0.188. The average molecular weight is 273 g/mol. The zero-order valence-electron chi connectivity index (χ0n) is 10.9. The number of nitrogens with two attached hydrogens (primary N) is 1. The van der Waals surface area contributed by atoms with Crippen LogP contribution in [0.5, 0.6) is 0 Å². The minimum absolute atomic E-state index is 0.188. The van der Waals surface area contributed by atoms with Crippen LogP contribution < -0.4 is 5.73 Å². The van der Waals surface area contributed by atoms with Crippen molar-refractivity contribution in [2.24, 2.45) is 11.7 Å². The molecule has 0 saturated carbocycles. The first-order chi connectivity index (χ1) is 8.56. The molecule has 0 amide bonds. The number of hydrogen-bond acceptors (Lipinski definition) is 6. The molecule has 2 N–H and O–H groups in total. The van der Waals surface area contributed by atoms with Crippen molar-refractivity contribution in [3.8, 4) is 0 Å². The summed E-state index contributed by atoms with van der Waals surface area (Å²) in [6, 6.07) is 0. The summed E-state index contributed by atoms with van der Waals surface area (Å²) >= 11 is 1.49. The van der Waals surface area contributed by atoms with Crippen LogP contribution in [0.1, 0.15) is 19.8 Å². The lowest BCUT2D eigenvalue weighted by Crippen LogP contribution is -2.30. The quantitative estimate of drug-likeness (QED) is 0.755. The van der Waals surface area contributed by atoms with Crippen LogP contribution in [0.4, 0.5) is 0 Å². The molecule has 1 aliphatic rings. The van der Waals surface area contributed by atoms with Crippen molar-refractivity contribution >= 4 is 23.7 Å². The van der Waals surface area contributed by atoms with Gasteiger partial charge in [0, 0.05) is 11.4 Å². The molecule has 0 aromatic heterocycles. The smallest absolute Gasteiger partial charge is 0.336 e. The Balaban J connectivity index is 2.92. The lowest BCUT2D eigenvalue weighted by molar-refractivity contribution is -0.145. The molecule has 1 rings (SSSR count). The van der Waals surface area contributed by atoms with Crippen molar-refractivity contribution in [1.29, 1.82) is 0 Å². The van der Waals surface area contributed by atoms with Gasteiger partial charge in [0.15, 0.2) is 0 Å². The Labute approximate surface area is 111 Å². The number of carbonyl (C=O) groups excluding carboxylic acids is 2. The van der Waals surface area contributed by atoms with Gasteiger partial charge in [0.2, 0.25) is 0 Å². The van der Waals surface area contributed by atoms with Crippen LogP contribution in [0.3, 0.4) is 0 Å². The van der Waals surface area contributed by atoms with Crippen LogP contribution in [0, 0.1) is 5.92 Å². The Morgan fingerprint density at radius 2 is 2.11 bits per heavy atom. The van der Waals surface area contributed by atoms with Crippen molar-refractivity contribution in [2.45, 2.75) is 25.0 Å². The second-order valence-electron chi connectivity index (χ2n) is 4.08. The van der Waals surface area contributed by atoms with Crippen LogP contribution in [-0.4, -0.2) is 37.2 Å². The standard InChI is InChI=1S/C12H19NO4S/c1-4-5-7(11(14)16-2)10-9(13)8(6-18-10)12(15)17-3/h7,10H,4-6,13H2,1-3H3. The van der Waals surface area contributed by atoms with Gasteiger partial charge in [-0.2, -0.15) is 0 Å². The van der Waals surface area contributed by atoms with Crippen LogP contribution in [-0.2, 0) is 19.1 Å². The van der Waals surface area contributed by atoms with E-state index in [0.717, 1.165) is 6.42 Å². The van der Waals surface area contributed by atoms with Crippen molar-refractivity contribution in [1.82, 2.24) is 0 Å². The summed E-state index contributed by atoms with van der Waals surface area (Å²) < 4.78 is 9.47. The van der Waals surface area contributed by atoms with E-state index in [-0.39, 0.29) is 17.1 Å².